The van der Waals surface area contributed by atoms with Gasteiger partial charge in [0.05, 0.1) is 6.04 Å². The minimum absolute atomic E-state index is 0.184. The van der Waals surface area contributed by atoms with E-state index in [0.29, 0.717) is 6.04 Å². The second kappa shape index (κ2) is 3.29. The van der Waals surface area contributed by atoms with E-state index in [2.05, 4.69) is 6.92 Å². The fourth-order valence-corrected chi connectivity index (χ4v) is 2.35. The molecule has 1 heterocycles. The predicted molar refractivity (Wildman–Crippen MR) is 51.1 cm³/mol. The highest BCUT2D eigenvalue weighted by Gasteiger charge is 2.46. The molecule has 2 rings (SSSR count). The van der Waals surface area contributed by atoms with E-state index in [9.17, 15) is 4.79 Å². The molecule has 74 valence electrons. The zero-order chi connectivity index (χ0) is 9.42. The summed E-state index contributed by atoms with van der Waals surface area (Å²) in [6, 6.07) is 0.337. The molecule has 0 aromatic rings. The number of rotatable bonds is 3. The maximum Gasteiger partial charge on any atom is 0.239 e. The minimum atomic E-state index is -0.206. The zero-order valence-corrected chi connectivity index (χ0v) is 8.20. The molecular weight excluding hydrogens is 164 g/mol. The van der Waals surface area contributed by atoms with Crippen molar-refractivity contribution in [3.63, 3.8) is 0 Å². The van der Waals surface area contributed by atoms with E-state index in [0.717, 1.165) is 18.9 Å². The van der Waals surface area contributed by atoms with Crippen molar-refractivity contribution in [3.05, 3.63) is 0 Å². The van der Waals surface area contributed by atoms with Crippen LogP contribution >= 0.6 is 0 Å². The number of amides is 1. The highest BCUT2D eigenvalue weighted by atomic mass is 16.2. The van der Waals surface area contributed by atoms with Gasteiger partial charge in [-0.05, 0) is 25.2 Å². The van der Waals surface area contributed by atoms with Gasteiger partial charge in [-0.25, -0.2) is 0 Å². The molecule has 0 spiro atoms. The average Bonchev–Trinajstić information content (AvgIpc) is 2.77. The number of hydrogen-bond donors (Lipinski definition) is 1. The number of nitrogens with zero attached hydrogens (tertiary/aromatic N) is 1. The van der Waals surface area contributed by atoms with Gasteiger partial charge in [0.15, 0.2) is 0 Å². The summed E-state index contributed by atoms with van der Waals surface area (Å²) in [5.74, 6) is 0.961. The largest absolute Gasteiger partial charge is 0.338 e. The maximum absolute atomic E-state index is 11.5. The molecule has 2 N–H and O–H groups in total. The molecule has 1 saturated carbocycles. The first-order valence-electron chi connectivity index (χ1n) is 5.30. The monoisotopic (exact) mass is 182 g/mol. The topological polar surface area (TPSA) is 46.3 Å². The lowest BCUT2D eigenvalue weighted by atomic mass is 10.2. The predicted octanol–water partition coefficient (Wildman–Crippen LogP) is 0.735. The van der Waals surface area contributed by atoms with Crippen molar-refractivity contribution in [1.82, 2.24) is 4.90 Å². The minimum Gasteiger partial charge on any atom is -0.338 e. The van der Waals surface area contributed by atoms with E-state index in [1.807, 2.05) is 4.90 Å². The SMILES string of the molecule is CCCC1CC1N1CCC(N)C1=O. The number of likely N-dealkylation sites (tertiary alicyclic amines) is 1. The first-order valence-corrected chi connectivity index (χ1v) is 5.30. The molecular formula is C10H18N2O. The highest BCUT2D eigenvalue weighted by Crippen LogP contribution is 2.40. The van der Waals surface area contributed by atoms with Gasteiger partial charge in [0.1, 0.15) is 0 Å². The molecule has 0 aromatic carbocycles. The van der Waals surface area contributed by atoms with Crippen molar-refractivity contribution in [2.45, 2.75) is 44.7 Å². The van der Waals surface area contributed by atoms with Crippen LogP contribution in [0.2, 0.25) is 0 Å². The van der Waals surface area contributed by atoms with Gasteiger partial charge in [-0.2, -0.15) is 0 Å². The van der Waals surface area contributed by atoms with Crippen molar-refractivity contribution in [3.8, 4) is 0 Å². The number of hydrogen-bond acceptors (Lipinski definition) is 2. The summed E-state index contributed by atoms with van der Waals surface area (Å²) in [4.78, 5) is 13.5. The van der Waals surface area contributed by atoms with Gasteiger partial charge in [-0.3, -0.25) is 4.79 Å². The van der Waals surface area contributed by atoms with Crippen molar-refractivity contribution < 1.29 is 4.79 Å². The van der Waals surface area contributed by atoms with E-state index < -0.39 is 0 Å². The van der Waals surface area contributed by atoms with Crippen LogP contribution in [0.3, 0.4) is 0 Å². The lowest BCUT2D eigenvalue weighted by Gasteiger charge is -2.15. The number of carbonyl (C=O) groups is 1. The Morgan fingerprint density at radius 3 is 2.92 bits per heavy atom. The van der Waals surface area contributed by atoms with E-state index in [4.69, 9.17) is 5.73 Å². The maximum atomic E-state index is 11.5. The Balaban J connectivity index is 1.87. The number of nitrogens with two attached hydrogens (primary N) is 1. The molecule has 1 aliphatic carbocycles. The van der Waals surface area contributed by atoms with Gasteiger partial charge >= 0.3 is 0 Å². The molecule has 3 nitrogen and oxygen atoms in total. The molecule has 1 amide bonds. The smallest absolute Gasteiger partial charge is 0.239 e. The Morgan fingerprint density at radius 2 is 2.38 bits per heavy atom. The van der Waals surface area contributed by atoms with Crippen LogP contribution in [-0.4, -0.2) is 29.4 Å². The van der Waals surface area contributed by atoms with E-state index in [-0.39, 0.29) is 11.9 Å². The summed E-state index contributed by atoms with van der Waals surface area (Å²) in [5.41, 5.74) is 5.66. The second-order valence-electron chi connectivity index (χ2n) is 4.28. The third kappa shape index (κ3) is 1.57. The van der Waals surface area contributed by atoms with Gasteiger partial charge < -0.3 is 10.6 Å². The molecule has 1 saturated heterocycles. The van der Waals surface area contributed by atoms with Crippen LogP contribution in [0, 0.1) is 5.92 Å². The molecule has 0 aromatic heterocycles. The normalized spacial score (nSPS) is 38.5. The van der Waals surface area contributed by atoms with Crippen LogP contribution in [0.15, 0.2) is 0 Å². The molecule has 3 atom stereocenters. The Kier molecular flexibility index (Phi) is 2.28. The van der Waals surface area contributed by atoms with Crippen LogP contribution in [-0.2, 0) is 4.79 Å². The van der Waals surface area contributed by atoms with E-state index in [1.54, 1.807) is 0 Å². The van der Waals surface area contributed by atoms with Crippen molar-refractivity contribution >= 4 is 5.91 Å². The third-order valence-corrected chi connectivity index (χ3v) is 3.23. The van der Waals surface area contributed by atoms with Gasteiger partial charge in [0.25, 0.3) is 0 Å². The summed E-state index contributed by atoms with van der Waals surface area (Å²) in [6.45, 7) is 3.10. The molecule has 0 bridgehead atoms. The fourth-order valence-electron chi connectivity index (χ4n) is 2.35. The van der Waals surface area contributed by atoms with Gasteiger partial charge in [-0.1, -0.05) is 13.3 Å². The standard InChI is InChI=1S/C10H18N2O/c1-2-3-7-6-9(7)12-5-4-8(11)10(12)13/h7-9H,2-6,11H2,1H3. The lowest BCUT2D eigenvalue weighted by Crippen LogP contribution is -2.36. The van der Waals surface area contributed by atoms with E-state index >= 15 is 0 Å². The van der Waals surface area contributed by atoms with Crippen molar-refractivity contribution in [2.75, 3.05) is 6.54 Å². The Labute approximate surface area is 79.3 Å². The number of carbonyl (C=O) groups excluding carboxylic acids is 1. The lowest BCUT2D eigenvalue weighted by molar-refractivity contribution is -0.129. The average molecular weight is 182 g/mol. The molecule has 2 fully saturated rings. The first kappa shape index (κ1) is 9.00. The third-order valence-electron chi connectivity index (χ3n) is 3.23. The van der Waals surface area contributed by atoms with Crippen LogP contribution in [0.4, 0.5) is 0 Å². The van der Waals surface area contributed by atoms with Crippen LogP contribution in [0.5, 0.6) is 0 Å². The molecule has 3 heteroatoms. The molecule has 1 aliphatic heterocycles. The second-order valence-corrected chi connectivity index (χ2v) is 4.28. The summed E-state index contributed by atoms with van der Waals surface area (Å²) < 4.78 is 0. The van der Waals surface area contributed by atoms with Crippen LogP contribution < -0.4 is 5.73 Å². The first-order chi connectivity index (χ1) is 6.24. The van der Waals surface area contributed by atoms with Crippen molar-refractivity contribution in [2.24, 2.45) is 11.7 Å². The van der Waals surface area contributed by atoms with E-state index in [1.165, 1.54) is 19.3 Å². The Bertz CT molecular complexity index is 217. The highest BCUT2D eigenvalue weighted by molar-refractivity contribution is 5.84. The quantitative estimate of drug-likeness (QED) is 0.699. The molecule has 13 heavy (non-hydrogen) atoms. The summed E-state index contributed by atoms with van der Waals surface area (Å²) in [7, 11) is 0. The Morgan fingerprint density at radius 1 is 1.62 bits per heavy atom. The summed E-state index contributed by atoms with van der Waals surface area (Å²) >= 11 is 0. The van der Waals surface area contributed by atoms with Gasteiger partial charge in [0, 0.05) is 12.6 Å². The van der Waals surface area contributed by atoms with Crippen LogP contribution in [0.25, 0.3) is 0 Å². The summed E-state index contributed by atoms with van der Waals surface area (Å²) in [5, 5.41) is 0. The molecule has 2 aliphatic rings. The van der Waals surface area contributed by atoms with Gasteiger partial charge in [-0.15, -0.1) is 0 Å². The van der Waals surface area contributed by atoms with Crippen molar-refractivity contribution in [1.29, 1.82) is 0 Å². The molecule has 0 radical (unpaired) electrons. The Hall–Kier alpha value is -0.570. The summed E-state index contributed by atoms with van der Waals surface area (Å²) in [6.07, 6.45) is 4.57. The van der Waals surface area contributed by atoms with Crippen LogP contribution in [0.1, 0.15) is 32.6 Å². The fraction of sp³-hybridized carbons (Fsp3) is 0.900. The zero-order valence-electron chi connectivity index (χ0n) is 8.20. The molecule has 3 unspecified atom stereocenters. The van der Waals surface area contributed by atoms with Gasteiger partial charge in [0.2, 0.25) is 5.91 Å².